The first kappa shape index (κ1) is 14.7. The van der Waals surface area contributed by atoms with Crippen LogP contribution in [0.25, 0.3) is 0 Å². The minimum atomic E-state index is -1.03. The molecule has 0 aliphatic rings. The lowest BCUT2D eigenvalue weighted by molar-refractivity contribution is 0.0696. The number of amides is 1. The van der Waals surface area contributed by atoms with Crippen LogP contribution in [-0.2, 0) is 0 Å². The minimum absolute atomic E-state index is 0.103. The quantitative estimate of drug-likeness (QED) is 0.759. The molecule has 0 aliphatic heterocycles. The number of rotatable bonds is 3. The summed E-state index contributed by atoms with van der Waals surface area (Å²) in [6.07, 6.45) is 0. The van der Waals surface area contributed by atoms with Crippen LogP contribution < -0.4 is 10.6 Å². The summed E-state index contributed by atoms with van der Waals surface area (Å²) in [6.45, 7) is 0. The second-order valence-corrected chi connectivity index (χ2v) is 4.57. The van der Waals surface area contributed by atoms with Crippen LogP contribution in [0, 0.1) is 0 Å². The third-order valence-electron chi connectivity index (χ3n) is 2.63. The SMILES string of the molecule is O=C(O)c1cccc(NC(=S)NC(=O)c2ccccc2)c1. The van der Waals surface area contributed by atoms with Gasteiger partial charge in [0.25, 0.3) is 5.91 Å². The Labute approximate surface area is 126 Å². The molecule has 2 aromatic rings. The largest absolute Gasteiger partial charge is 0.478 e. The van der Waals surface area contributed by atoms with Crippen LogP contribution in [0.1, 0.15) is 20.7 Å². The van der Waals surface area contributed by atoms with Crippen LogP contribution in [0.3, 0.4) is 0 Å². The van der Waals surface area contributed by atoms with Crippen molar-refractivity contribution < 1.29 is 14.7 Å². The van der Waals surface area contributed by atoms with Crippen molar-refractivity contribution in [1.29, 1.82) is 0 Å². The number of nitrogens with one attached hydrogen (secondary N) is 2. The van der Waals surface area contributed by atoms with Crippen LogP contribution in [0.2, 0.25) is 0 Å². The molecule has 0 atom stereocenters. The molecule has 106 valence electrons. The van der Waals surface area contributed by atoms with Crippen molar-refractivity contribution in [1.82, 2.24) is 5.32 Å². The highest BCUT2D eigenvalue weighted by Gasteiger charge is 2.08. The standard InChI is InChI=1S/C15H12N2O3S/c18-13(10-5-2-1-3-6-10)17-15(21)16-12-8-4-7-11(9-12)14(19)20/h1-9H,(H,19,20)(H2,16,17,18,21). The van der Waals surface area contributed by atoms with Crippen LogP contribution in [-0.4, -0.2) is 22.1 Å². The van der Waals surface area contributed by atoms with E-state index in [-0.39, 0.29) is 16.6 Å². The number of carbonyl (C=O) groups is 2. The maximum atomic E-state index is 11.9. The Morgan fingerprint density at radius 2 is 1.62 bits per heavy atom. The maximum Gasteiger partial charge on any atom is 0.335 e. The van der Waals surface area contributed by atoms with Crippen molar-refractivity contribution in [2.45, 2.75) is 0 Å². The Morgan fingerprint density at radius 1 is 0.952 bits per heavy atom. The smallest absolute Gasteiger partial charge is 0.335 e. The summed E-state index contributed by atoms with van der Waals surface area (Å²) < 4.78 is 0. The van der Waals surface area contributed by atoms with Crippen molar-refractivity contribution in [3.05, 3.63) is 65.7 Å². The van der Waals surface area contributed by atoms with Crippen molar-refractivity contribution >= 4 is 34.9 Å². The van der Waals surface area contributed by atoms with Gasteiger partial charge in [-0.15, -0.1) is 0 Å². The van der Waals surface area contributed by atoms with Gasteiger partial charge in [-0.25, -0.2) is 4.79 Å². The molecule has 0 aliphatic carbocycles. The molecule has 0 fully saturated rings. The highest BCUT2D eigenvalue weighted by Crippen LogP contribution is 2.10. The average Bonchev–Trinajstić information content (AvgIpc) is 2.48. The van der Waals surface area contributed by atoms with E-state index in [9.17, 15) is 9.59 Å². The Bertz CT molecular complexity index is 686. The fraction of sp³-hybridized carbons (Fsp3) is 0. The van der Waals surface area contributed by atoms with Gasteiger partial charge < -0.3 is 10.4 Å². The number of thiocarbonyl (C=S) groups is 1. The molecule has 0 bridgehead atoms. The van der Waals surface area contributed by atoms with E-state index in [1.165, 1.54) is 12.1 Å². The Hall–Kier alpha value is -2.73. The summed E-state index contributed by atoms with van der Waals surface area (Å²) in [7, 11) is 0. The number of carbonyl (C=O) groups excluding carboxylic acids is 1. The molecular weight excluding hydrogens is 288 g/mol. The zero-order valence-corrected chi connectivity index (χ0v) is 11.7. The monoisotopic (exact) mass is 300 g/mol. The first-order chi connectivity index (χ1) is 10.1. The number of hydrogen-bond acceptors (Lipinski definition) is 3. The zero-order chi connectivity index (χ0) is 15.2. The molecule has 2 aromatic carbocycles. The Kier molecular flexibility index (Phi) is 4.63. The third kappa shape index (κ3) is 4.12. The third-order valence-corrected chi connectivity index (χ3v) is 2.83. The molecule has 0 spiro atoms. The first-order valence-corrected chi connectivity index (χ1v) is 6.48. The number of benzene rings is 2. The van der Waals surface area contributed by atoms with Gasteiger partial charge in [-0.05, 0) is 42.5 Å². The van der Waals surface area contributed by atoms with Crippen LogP contribution in [0.15, 0.2) is 54.6 Å². The topological polar surface area (TPSA) is 78.4 Å². The summed E-state index contributed by atoms with van der Waals surface area (Å²) in [6, 6.07) is 14.8. The van der Waals surface area contributed by atoms with Gasteiger partial charge in [-0.3, -0.25) is 10.1 Å². The molecule has 0 saturated heterocycles. The van der Waals surface area contributed by atoms with E-state index in [4.69, 9.17) is 17.3 Å². The number of carboxylic acids is 1. The van der Waals surface area contributed by atoms with Crippen molar-refractivity contribution in [3.63, 3.8) is 0 Å². The van der Waals surface area contributed by atoms with Gasteiger partial charge in [0.05, 0.1) is 5.56 Å². The molecule has 6 heteroatoms. The molecule has 0 aromatic heterocycles. The molecule has 2 rings (SSSR count). The van der Waals surface area contributed by atoms with Crippen molar-refractivity contribution in [2.24, 2.45) is 0 Å². The van der Waals surface area contributed by atoms with Gasteiger partial charge in [0.2, 0.25) is 0 Å². The second-order valence-electron chi connectivity index (χ2n) is 4.16. The van der Waals surface area contributed by atoms with E-state index in [0.29, 0.717) is 11.3 Å². The van der Waals surface area contributed by atoms with Crippen molar-refractivity contribution in [3.8, 4) is 0 Å². The normalized spacial score (nSPS) is 9.71. The van der Waals surface area contributed by atoms with Gasteiger partial charge in [0.15, 0.2) is 5.11 Å². The van der Waals surface area contributed by atoms with Gasteiger partial charge in [0.1, 0.15) is 0 Å². The molecule has 1 amide bonds. The fourth-order valence-electron chi connectivity index (χ4n) is 1.66. The summed E-state index contributed by atoms with van der Waals surface area (Å²) in [5.41, 5.74) is 1.12. The predicted molar refractivity (Wildman–Crippen MR) is 83.5 cm³/mol. The number of carboxylic acid groups (broad SMARTS) is 1. The van der Waals surface area contributed by atoms with Gasteiger partial charge in [-0.2, -0.15) is 0 Å². The van der Waals surface area contributed by atoms with E-state index < -0.39 is 5.97 Å². The average molecular weight is 300 g/mol. The van der Waals surface area contributed by atoms with E-state index >= 15 is 0 Å². The van der Waals surface area contributed by atoms with E-state index in [1.54, 1.807) is 36.4 Å². The number of hydrogen-bond donors (Lipinski definition) is 3. The summed E-state index contributed by atoms with van der Waals surface area (Å²) in [5.74, 6) is -1.36. The molecule has 5 nitrogen and oxygen atoms in total. The molecule has 0 saturated carbocycles. The highest BCUT2D eigenvalue weighted by molar-refractivity contribution is 7.80. The first-order valence-electron chi connectivity index (χ1n) is 6.07. The molecule has 3 N–H and O–H groups in total. The molecule has 21 heavy (non-hydrogen) atoms. The lowest BCUT2D eigenvalue weighted by atomic mass is 10.2. The Morgan fingerprint density at radius 3 is 2.29 bits per heavy atom. The highest BCUT2D eigenvalue weighted by atomic mass is 32.1. The summed E-state index contributed by atoms with van der Waals surface area (Å²) in [4.78, 5) is 22.8. The summed E-state index contributed by atoms with van der Waals surface area (Å²) >= 11 is 5.03. The summed E-state index contributed by atoms with van der Waals surface area (Å²) in [5, 5.41) is 14.3. The van der Waals surface area contributed by atoms with Gasteiger partial charge in [-0.1, -0.05) is 24.3 Å². The van der Waals surface area contributed by atoms with Gasteiger partial charge in [0, 0.05) is 11.3 Å². The fourth-order valence-corrected chi connectivity index (χ4v) is 1.87. The lowest BCUT2D eigenvalue weighted by Crippen LogP contribution is -2.34. The lowest BCUT2D eigenvalue weighted by Gasteiger charge is -2.10. The molecule has 0 heterocycles. The van der Waals surface area contributed by atoms with Crippen molar-refractivity contribution in [2.75, 3.05) is 5.32 Å². The molecule has 0 radical (unpaired) electrons. The Balaban J connectivity index is 2.00. The van der Waals surface area contributed by atoms with Gasteiger partial charge >= 0.3 is 5.97 Å². The van der Waals surface area contributed by atoms with E-state index in [1.807, 2.05) is 6.07 Å². The maximum absolute atomic E-state index is 11.9. The molecule has 0 unspecified atom stereocenters. The predicted octanol–water partition coefficient (Wildman–Crippen LogP) is 2.51. The second kappa shape index (κ2) is 6.62. The van der Waals surface area contributed by atoms with Crippen LogP contribution >= 0.6 is 12.2 Å². The molecular formula is C15H12N2O3S. The zero-order valence-electron chi connectivity index (χ0n) is 10.9. The van der Waals surface area contributed by atoms with E-state index in [2.05, 4.69) is 10.6 Å². The van der Waals surface area contributed by atoms with Crippen LogP contribution in [0.5, 0.6) is 0 Å². The van der Waals surface area contributed by atoms with Crippen LogP contribution in [0.4, 0.5) is 5.69 Å². The van der Waals surface area contributed by atoms with E-state index in [0.717, 1.165) is 0 Å². The number of aromatic carboxylic acids is 1. The number of anilines is 1. The minimum Gasteiger partial charge on any atom is -0.478 e.